The lowest BCUT2D eigenvalue weighted by molar-refractivity contribution is -0.206. The van der Waals surface area contributed by atoms with Gasteiger partial charge in [-0.05, 0) is 173 Å². The third kappa shape index (κ3) is 6.56. The van der Waals surface area contributed by atoms with E-state index in [2.05, 4.69) is 38.2 Å². The van der Waals surface area contributed by atoms with Crippen LogP contribution >= 0.6 is 21.6 Å². The zero-order valence-corrected chi connectivity index (χ0v) is 42.9. The first-order valence-electron chi connectivity index (χ1n) is 26.6. The largest absolute Gasteiger partial charge is 0.508 e. The number of allylic oxidation sites excluding steroid dienone is 2. The molecule has 0 unspecified atom stereocenters. The van der Waals surface area contributed by atoms with E-state index in [4.69, 9.17) is 4.74 Å². The first-order valence-corrected chi connectivity index (χ1v) is 29.0. The van der Waals surface area contributed by atoms with Gasteiger partial charge in [-0.2, -0.15) is 0 Å². The van der Waals surface area contributed by atoms with Crippen molar-refractivity contribution in [2.45, 2.75) is 159 Å². The monoisotopic (exact) mass is 991 g/mol. The minimum Gasteiger partial charge on any atom is -0.508 e. The minimum atomic E-state index is -1.58. The van der Waals surface area contributed by atoms with Gasteiger partial charge < -0.3 is 50.7 Å². The number of anilines is 1. The molecule has 12 nitrogen and oxygen atoms in total. The van der Waals surface area contributed by atoms with Crippen LogP contribution in [-0.2, 0) is 20.7 Å². The van der Waals surface area contributed by atoms with Gasteiger partial charge >= 0.3 is 0 Å². The summed E-state index contributed by atoms with van der Waals surface area (Å²) in [6.45, 7) is 9.69. The zero-order valence-electron chi connectivity index (χ0n) is 41.3. The maximum absolute atomic E-state index is 16.0. The lowest BCUT2D eigenvalue weighted by atomic mass is 9.39. The Kier molecular flexibility index (Phi) is 12.2. The van der Waals surface area contributed by atoms with Crippen molar-refractivity contribution in [3.63, 3.8) is 0 Å². The second-order valence-corrected chi connectivity index (χ2v) is 27.3. The fourth-order valence-corrected chi connectivity index (χ4v) is 21.6. The van der Waals surface area contributed by atoms with E-state index in [9.17, 15) is 35.7 Å². The molecule has 380 valence electrons. The Labute approximate surface area is 416 Å². The maximum atomic E-state index is 16.0. The van der Waals surface area contributed by atoms with Gasteiger partial charge in [0.05, 0.1) is 34.7 Å². The summed E-state index contributed by atoms with van der Waals surface area (Å²) < 4.78 is 6.52. The number of aliphatic hydroxyl groups excluding tert-OH is 4. The van der Waals surface area contributed by atoms with Crippen LogP contribution in [-0.4, -0.2) is 121 Å². The number of aromatic hydroxyl groups is 1. The number of aryl methyl sites for hydroxylation is 1. The molecule has 0 radical (unpaired) electrons. The number of epoxide rings is 1. The first-order chi connectivity index (χ1) is 32.8. The van der Waals surface area contributed by atoms with Gasteiger partial charge in [0.2, 0.25) is 5.91 Å². The fraction of sp³-hybridized carbons (Fsp3) is 0.782. The number of amides is 1. The van der Waals surface area contributed by atoms with Crippen LogP contribution in [0.2, 0.25) is 0 Å². The molecule has 1 aromatic rings. The summed E-state index contributed by atoms with van der Waals surface area (Å²) in [7, 11) is 4.67. The van der Waals surface area contributed by atoms with E-state index in [1.54, 1.807) is 18.2 Å². The quantitative estimate of drug-likeness (QED) is 0.0896. The molecule has 69 heavy (non-hydrogen) atoms. The van der Waals surface area contributed by atoms with Crippen molar-refractivity contribution in [2.75, 3.05) is 37.4 Å². The summed E-state index contributed by atoms with van der Waals surface area (Å²) in [5.41, 5.74) is -7.09. The molecule has 5 saturated carbocycles. The number of nitrogens with one attached hydrogen (secondary N) is 1. The SMILES string of the molecule is CNC[C@@H]1CC[C@]2(C1)CN1C(=O)[C@@]23[C@H](CO)CCC[C@H]3CSS[C@@H](O)[C@@]23C[C@@H](O)[C@@H](O)C[C@]2(C)[C@H]2C[C@@H]4C=CC[C@](O)([C@@H]5O[C@H]5[C@H](C)C(C)C)[C@H]5CC[C@@](O)(C2=CC3=O)[C@@]54CCc2cc(O)cc1c2. The average molecular weight is 991 g/mol. The lowest BCUT2D eigenvalue weighted by Gasteiger charge is -2.66. The summed E-state index contributed by atoms with van der Waals surface area (Å²) in [6.07, 6.45) is 10.2. The van der Waals surface area contributed by atoms with Crippen molar-refractivity contribution in [2.24, 2.45) is 74.4 Å². The highest BCUT2D eigenvalue weighted by Crippen LogP contribution is 2.76. The van der Waals surface area contributed by atoms with Crippen molar-refractivity contribution in [3.8, 4) is 5.75 Å². The van der Waals surface area contributed by atoms with E-state index in [0.717, 1.165) is 50.6 Å². The van der Waals surface area contributed by atoms with Gasteiger partial charge in [0, 0.05) is 47.4 Å². The molecule has 14 heteroatoms. The number of ketones is 1. The fourth-order valence-electron chi connectivity index (χ4n) is 18.6. The molecule has 12 aliphatic rings. The number of phenols is 1. The van der Waals surface area contributed by atoms with Crippen LogP contribution in [0.25, 0.3) is 0 Å². The molecule has 19 atom stereocenters. The highest BCUT2D eigenvalue weighted by Gasteiger charge is 2.78. The second kappa shape index (κ2) is 17.0. The Morgan fingerprint density at radius 3 is 2.51 bits per heavy atom. The number of aliphatic hydroxyl groups is 6. The number of hydrogen-bond donors (Lipinski definition) is 8. The van der Waals surface area contributed by atoms with E-state index in [-0.39, 0.29) is 66.7 Å². The van der Waals surface area contributed by atoms with Crippen molar-refractivity contribution >= 4 is 39.0 Å². The summed E-state index contributed by atoms with van der Waals surface area (Å²) >= 11 is 0. The van der Waals surface area contributed by atoms with Crippen LogP contribution in [0.15, 0.2) is 42.0 Å². The Morgan fingerprint density at radius 1 is 0.971 bits per heavy atom. The van der Waals surface area contributed by atoms with Crippen LogP contribution in [0.4, 0.5) is 5.69 Å². The molecule has 2 saturated heterocycles. The van der Waals surface area contributed by atoms with E-state index in [1.165, 1.54) is 21.6 Å². The minimum absolute atomic E-state index is 0.00873. The summed E-state index contributed by atoms with van der Waals surface area (Å²) in [4.78, 5) is 33.5. The molecule has 8 N–H and O–H groups in total. The Balaban J connectivity index is 1.10. The number of fused-ring (bicyclic) bond motifs is 1. The molecule has 7 aliphatic carbocycles. The van der Waals surface area contributed by atoms with Gasteiger partial charge in [0.15, 0.2) is 5.78 Å². The molecule has 1 aromatic carbocycles. The van der Waals surface area contributed by atoms with E-state index in [1.807, 2.05) is 24.9 Å². The maximum Gasteiger partial charge on any atom is 0.234 e. The molecular formula is C55H78N2O10S2. The predicted octanol–water partition coefficient (Wildman–Crippen LogP) is 6.32. The van der Waals surface area contributed by atoms with Crippen molar-refractivity contribution in [3.05, 3.63) is 47.6 Å². The normalized spacial score (nSPS) is 49.5. The number of benzene rings is 1. The smallest absolute Gasteiger partial charge is 0.234 e. The third-order valence-electron chi connectivity index (χ3n) is 22.0. The highest BCUT2D eigenvalue weighted by atomic mass is 33.1. The highest BCUT2D eigenvalue weighted by molar-refractivity contribution is 8.76. The van der Waals surface area contributed by atoms with E-state index < -0.39 is 73.9 Å². The molecule has 5 heterocycles. The van der Waals surface area contributed by atoms with Gasteiger partial charge in [-0.25, -0.2) is 0 Å². The number of ether oxygens (including phenoxy) is 1. The lowest BCUT2D eigenvalue weighted by Crippen LogP contribution is -2.70. The number of carbonyl (C=O) groups is 2. The number of phenolic OH excluding ortho intramolecular Hbond substituents is 1. The molecule has 5 aliphatic heterocycles. The molecule has 7 fully saturated rings. The molecule has 1 amide bonds. The molecular weight excluding hydrogens is 913 g/mol. The second-order valence-electron chi connectivity index (χ2n) is 24.8. The molecule has 13 rings (SSSR count). The van der Waals surface area contributed by atoms with Crippen LogP contribution in [0.1, 0.15) is 117 Å². The Hall–Kier alpha value is -1.98. The molecule has 8 bridgehead atoms. The first kappa shape index (κ1) is 49.2. The average Bonchev–Trinajstić information content (AvgIpc) is 3.87. The van der Waals surface area contributed by atoms with Crippen LogP contribution in [0, 0.1) is 74.4 Å². The van der Waals surface area contributed by atoms with Gasteiger partial charge in [0.25, 0.3) is 0 Å². The zero-order chi connectivity index (χ0) is 48.8. The van der Waals surface area contributed by atoms with E-state index in [0.29, 0.717) is 73.9 Å². The van der Waals surface area contributed by atoms with Crippen molar-refractivity contribution in [1.82, 2.24) is 5.32 Å². The van der Waals surface area contributed by atoms with Crippen molar-refractivity contribution in [1.29, 1.82) is 0 Å². The van der Waals surface area contributed by atoms with Gasteiger partial charge in [0.1, 0.15) is 22.9 Å². The predicted molar refractivity (Wildman–Crippen MR) is 267 cm³/mol. The molecule has 4 spiro atoms. The number of hydrogen-bond acceptors (Lipinski definition) is 13. The van der Waals surface area contributed by atoms with Crippen LogP contribution < -0.4 is 10.2 Å². The topological polar surface area (TPSA) is 204 Å². The summed E-state index contributed by atoms with van der Waals surface area (Å²) in [5, 5.41) is 90.2. The summed E-state index contributed by atoms with van der Waals surface area (Å²) in [6, 6.07) is 5.52. The Bertz CT molecular complexity index is 2300. The van der Waals surface area contributed by atoms with Gasteiger partial charge in [-0.1, -0.05) is 67.9 Å². The van der Waals surface area contributed by atoms with E-state index >= 15 is 9.59 Å². The summed E-state index contributed by atoms with van der Waals surface area (Å²) in [5.74, 6) is -0.550. The van der Waals surface area contributed by atoms with Crippen molar-refractivity contribution < 1.29 is 50.1 Å². The molecule has 0 aromatic heterocycles. The van der Waals surface area contributed by atoms with Gasteiger partial charge in [-0.3, -0.25) is 9.59 Å². The van der Waals surface area contributed by atoms with Crippen LogP contribution in [0.3, 0.4) is 0 Å². The van der Waals surface area contributed by atoms with Gasteiger partial charge in [-0.15, -0.1) is 0 Å². The number of carbonyl (C=O) groups excluding carboxylic acids is 2. The third-order valence-corrected chi connectivity index (χ3v) is 24.6. The number of rotatable bonds is 6. The Morgan fingerprint density at radius 2 is 1.75 bits per heavy atom. The van der Waals surface area contributed by atoms with Crippen LogP contribution in [0.5, 0.6) is 5.75 Å². The number of nitrogens with zero attached hydrogens (tertiary/aromatic N) is 1. The standard InChI is InChI=1S/C55H78N2O10S2/c1-30(2)31(3)45-46(67-45)53(65)14-7-10-34-20-39-40-22-44(62)52(25-42(61)41(60)24-49(39,52)4)48(64)69-68-28-36-9-6-8-35(27-58)55(36)47(63)57(29-50(55)15-11-33(23-50)26-56-5)37-18-32(19-38(59)21-37)12-16-51(34)43(53)13-17-54(40,51)66/h7,10,18-19,21-22,30-31,33-36,39,41-43,45-46,48,56,58-61,64-66H,6,8-9,11-17,20,23-29H2,1-5H3/t31-,33-,34+,35+,36+,39+,41+,42-,43+,45+,46-,48-,49-,50+,51-,52+,53-,54-,55+/m1/s1.